The van der Waals surface area contributed by atoms with Gasteiger partial charge in [-0.15, -0.1) is 0 Å². The van der Waals surface area contributed by atoms with Gasteiger partial charge in [-0.25, -0.2) is 0 Å². The molecule has 43 heavy (non-hydrogen) atoms. The van der Waals surface area contributed by atoms with E-state index in [1.165, 1.54) is 6.07 Å². The number of benzene rings is 2. The van der Waals surface area contributed by atoms with Gasteiger partial charge in [0.2, 0.25) is 0 Å². The summed E-state index contributed by atoms with van der Waals surface area (Å²) in [5.74, 6) is 6.38. The zero-order valence-corrected chi connectivity index (χ0v) is 25.0. The van der Waals surface area contributed by atoms with Gasteiger partial charge in [0, 0.05) is 87.5 Å². The Morgan fingerprint density at radius 3 is 2.28 bits per heavy atom. The van der Waals surface area contributed by atoms with Crippen LogP contribution in [0.25, 0.3) is 0 Å². The number of aromatic nitrogens is 1. The van der Waals surface area contributed by atoms with Crippen LogP contribution in [0.15, 0.2) is 54.9 Å². The summed E-state index contributed by atoms with van der Waals surface area (Å²) in [5.41, 5.74) is 3.73. The number of aliphatic hydroxyl groups is 1. The second-order valence-corrected chi connectivity index (χ2v) is 11.5. The number of hydrogen-bond donors (Lipinski definition) is 2. The minimum absolute atomic E-state index is 0.196. The Balaban J connectivity index is 1.30. The van der Waals surface area contributed by atoms with Gasteiger partial charge in [-0.3, -0.25) is 9.88 Å². The van der Waals surface area contributed by atoms with E-state index in [-0.39, 0.29) is 17.8 Å². The molecule has 2 aliphatic rings. The second-order valence-electron chi connectivity index (χ2n) is 11.5. The average Bonchev–Trinajstić information content (AvgIpc) is 2.98. The van der Waals surface area contributed by atoms with Crippen molar-refractivity contribution in [3.8, 4) is 11.8 Å². The minimum Gasteiger partial charge on any atom is -0.369 e. The summed E-state index contributed by atoms with van der Waals surface area (Å²) >= 11 is 0. The molecule has 2 aromatic carbocycles. The van der Waals surface area contributed by atoms with Crippen molar-refractivity contribution in [3.05, 3.63) is 88.2 Å². The number of piperazine rings is 2. The number of nitrogens with zero attached hydrogens (tertiary/aromatic N) is 5. The van der Waals surface area contributed by atoms with Crippen molar-refractivity contribution in [2.24, 2.45) is 0 Å². The summed E-state index contributed by atoms with van der Waals surface area (Å²) in [6.45, 7) is 9.14. The van der Waals surface area contributed by atoms with Crippen LogP contribution in [0, 0.1) is 18.8 Å². The molecule has 1 atom stereocenters. The van der Waals surface area contributed by atoms with Crippen molar-refractivity contribution in [3.63, 3.8) is 0 Å². The van der Waals surface area contributed by atoms with E-state index in [1.54, 1.807) is 24.4 Å². The lowest BCUT2D eigenvalue weighted by Crippen LogP contribution is -2.44. The number of halogens is 3. The van der Waals surface area contributed by atoms with E-state index >= 15 is 0 Å². The predicted molar refractivity (Wildman–Crippen MR) is 164 cm³/mol. The topological polar surface area (TPSA) is 58.1 Å². The molecule has 0 spiro atoms. The Bertz CT molecular complexity index is 1470. The zero-order chi connectivity index (χ0) is 30.6. The van der Waals surface area contributed by atoms with Crippen molar-refractivity contribution < 1.29 is 18.3 Å². The van der Waals surface area contributed by atoms with Gasteiger partial charge in [0.25, 0.3) is 0 Å². The monoisotopic (exact) mass is 592 g/mol. The summed E-state index contributed by atoms with van der Waals surface area (Å²) in [6, 6.07) is 11.6. The highest BCUT2D eigenvalue weighted by Gasteiger charge is 2.34. The van der Waals surface area contributed by atoms with Crippen LogP contribution in [-0.4, -0.2) is 91.2 Å². The molecule has 0 saturated carbocycles. The standard InChI is InChI=1S/C33H39F3N6O/c1-24-4-6-27(19-26(24)7-5-25-18-30(22-37-21-25)42-16-12-40(3)13-17-42)32(43)38-29-9-8-28(31(20-29)33(34,35)36)23-41-14-10-39(2)11-15-41/h4,6,8-9,18-22,32,38,43H,10-17,23H2,1-3H3. The Morgan fingerprint density at radius 1 is 0.884 bits per heavy atom. The van der Waals surface area contributed by atoms with Crippen LogP contribution < -0.4 is 10.2 Å². The predicted octanol–water partition coefficient (Wildman–Crippen LogP) is 4.41. The van der Waals surface area contributed by atoms with Gasteiger partial charge in [0.05, 0.1) is 17.4 Å². The van der Waals surface area contributed by atoms with Crippen LogP contribution >= 0.6 is 0 Å². The van der Waals surface area contributed by atoms with Gasteiger partial charge in [-0.1, -0.05) is 30.0 Å². The van der Waals surface area contributed by atoms with Crippen molar-refractivity contribution in [1.29, 1.82) is 0 Å². The number of aliphatic hydroxyl groups excluding tert-OH is 1. The number of rotatable bonds is 6. The molecule has 5 rings (SSSR count). The summed E-state index contributed by atoms with van der Waals surface area (Å²) in [4.78, 5) is 13.2. The van der Waals surface area contributed by atoms with Crippen LogP contribution in [0.4, 0.5) is 24.5 Å². The van der Waals surface area contributed by atoms with E-state index in [0.717, 1.165) is 80.8 Å². The highest BCUT2D eigenvalue weighted by Crippen LogP contribution is 2.35. The lowest BCUT2D eigenvalue weighted by Gasteiger charge is -2.33. The quantitative estimate of drug-likeness (QED) is 0.325. The third kappa shape index (κ3) is 8.06. The zero-order valence-electron chi connectivity index (χ0n) is 25.0. The molecular formula is C33H39F3N6O. The molecule has 2 saturated heterocycles. The van der Waals surface area contributed by atoms with Crippen LogP contribution in [0.5, 0.6) is 0 Å². The molecule has 0 amide bonds. The Hall–Kier alpha value is -3.62. The Kier molecular flexibility index (Phi) is 9.57. The second kappa shape index (κ2) is 13.3. The highest BCUT2D eigenvalue weighted by atomic mass is 19.4. The molecule has 0 bridgehead atoms. The summed E-state index contributed by atoms with van der Waals surface area (Å²) < 4.78 is 42.1. The number of aryl methyl sites for hydroxylation is 1. The van der Waals surface area contributed by atoms with Crippen LogP contribution in [0.3, 0.4) is 0 Å². The van der Waals surface area contributed by atoms with Crippen LogP contribution in [-0.2, 0) is 12.7 Å². The highest BCUT2D eigenvalue weighted by molar-refractivity contribution is 5.54. The molecule has 10 heteroatoms. The summed E-state index contributed by atoms with van der Waals surface area (Å²) in [5, 5.41) is 13.8. The first-order chi connectivity index (χ1) is 20.5. The summed E-state index contributed by atoms with van der Waals surface area (Å²) in [6.07, 6.45) is -2.14. The van der Waals surface area contributed by atoms with Gasteiger partial charge >= 0.3 is 6.18 Å². The van der Waals surface area contributed by atoms with Crippen molar-refractivity contribution in [1.82, 2.24) is 19.7 Å². The lowest BCUT2D eigenvalue weighted by atomic mass is 10.0. The van der Waals surface area contributed by atoms with Crippen LogP contribution in [0.1, 0.15) is 39.6 Å². The first-order valence-electron chi connectivity index (χ1n) is 14.6. The number of anilines is 2. The third-order valence-electron chi connectivity index (χ3n) is 8.22. The number of hydrogen-bond acceptors (Lipinski definition) is 7. The molecule has 3 heterocycles. The van der Waals surface area contributed by atoms with E-state index in [9.17, 15) is 18.3 Å². The average molecular weight is 593 g/mol. The maximum absolute atomic E-state index is 14.0. The van der Waals surface area contributed by atoms with E-state index in [0.29, 0.717) is 5.56 Å². The van der Waals surface area contributed by atoms with Crippen molar-refractivity contribution in [2.75, 3.05) is 76.7 Å². The van der Waals surface area contributed by atoms with Gasteiger partial charge in [0.15, 0.2) is 6.23 Å². The van der Waals surface area contributed by atoms with E-state index in [4.69, 9.17) is 0 Å². The smallest absolute Gasteiger partial charge is 0.369 e. The number of alkyl halides is 3. The molecule has 3 aromatic rings. The fourth-order valence-corrected chi connectivity index (χ4v) is 5.37. The van der Waals surface area contributed by atoms with Crippen LogP contribution in [0.2, 0.25) is 0 Å². The van der Waals surface area contributed by atoms with Gasteiger partial charge < -0.3 is 25.1 Å². The first-order valence-corrected chi connectivity index (χ1v) is 14.6. The minimum atomic E-state index is -4.51. The van der Waals surface area contributed by atoms with E-state index in [1.807, 2.05) is 37.2 Å². The molecule has 0 aliphatic carbocycles. The Labute approximate surface area is 251 Å². The number of pyridine rings is 1. The van der Waals surface area contributed by atoms with Gasteiger partial charge in [-0.05, 0) is 56.4 Å². The maximum Gasteiger partial charge on any atom is 0.416 e. The molecule has 1 unspecified atom stereocenters. The van der Waals surface area contributed by atoms with E-state index in [2.05, 4.69) is 43.9 Å². The van der Waals surface area contributed by atoms with Gasteiger partial charge in [-0.2, -0.15) is 13.2 Å². The van der Waals surface area contributed by atoms with Crippen molar-refractivity contribution in [2.45, 2.75) is 25.9 Å². The largest absolute Gasteiger partial charge is 0.416 e. The SMILES string of the molecule is Cc1ccc(C(O)Nc2ccc(CN3CCN(C)CC3)c(C(F)(F)F)c2)cc1C#Cc1cncc(N2CCN(C)CC2)c1. The van der Waals surface area contributed by atoms with Crippen molar-refractivity contribution >= 4 is 11.4 Å². The fourth-order valence-electron chi connectivity index (χ4n) is 5.37. The Morgan fingerprint density at radius 2 is 1.58 bits per heavy atom. The molecule has 1 aromatic heterocycles. The molecule has 2 fully saturated rings. The molecule has 0 radical (unpaired) electrons. The summed E-state index contributed by atoms with van der Waals surface area (Å²) in [7, 11) is 4.13. The molecule has 2 N–H and O–H groups in total. The molecular weight excluding hydrogens is 553 g/mol. The van der Waals surface area contributed by atoms with Gasteiger partial charge in [0.1, 0.15) is 0 Å². The third-order valence-corrected chi connectivity index (χ3v) is 8.22. The molecule has 228 valence electrons. The fraction of sp³-hybridized carbons (Fsp3) is 0.424. The molecule has 2 aliphatic heterocycles. The molecule has 7 nitrogen and oxygen atoms in total. The lowest BCUT2D eigenvalue weighted by molar-refractivity contribution is -0.138. The number of nitrogens with one attached hydrogen (secondary N) is 1. The number of likely N-dealkylation sites (N-methyl/N-ethyl adjacent to an activating group) is 2. The first kappa shape index (κ1) is 30.8. The van der Waals surface area contributed by atoms with E-state index < -0.39 is 18.0 Å². The normalized spacial score (nSPS) is 17.8. The maximum atomic E-state index is 14.0.